The lowest BCUT2D eigenvalue weighted by Gasteiger charge is -2.03. The van der Waals surface area contributed by atoms with Crippen LogP contribution < -0.4 is 16.2 Å². The predicted molar refractivity (Wildman–Crippen MR) is 77.3 cm³/mol. The summed E-state index contributed by atoms with van der Waals surface area (Å²) >= 11 is 0. The number of aromatic nitrogens is 4. The van der Waals surface area contributed by atoms with Gasteiger partial charge in [-0.2, -0.15) is 4.98 Å². The van der Waals surface area contributed by atoms with Gasteiger partial charge in [0.25, 0.3) is 5.56 Å². The van der Waals surface area contributed by atoms with Crippen LogP contribution in [0.25, 0.3) is 11.0 Å². The Morgan fingerprint density at radius 2 is 2.16 bits per heavy atom. The fourth-order valence-electron chi connectivity index (χ4n) is 1.53. The summed E-state index contributed by atoms with van der Waals surface area (Å²) in [5, 5.41) is 9.39. The van der Waals surface area contributed by atoms with Crippen molar-refractivity contribution in [3.63, 3.8) is 0 Å². The third kappa shape index (κ3) is 3.19. The van der Waals surface area contributed by atoms with Gasteiger partial charge in [-0.15, -0.1) is 13.2 Å². The van der Waals surface area contributed by atoms with Crippen LogP contribution >= 0.6 is 0 Å². The lowest BCUT2D eigenvalue weighted by molar-refractivity contribution is 0.521. The number of fused-ring (bicyclic) bond motifs is 1. The fraction of sp³-hybridized carbons (Fsp3) is 0.417. The van der Waals surface area contributed by atoms with Crippen LogP contribution in [-0.4, -0.2) is 33.5 Å². The first-order chi connectivity index (χ1) is 9.13. The molecule has 2 aromatic heterocycles. The number of hydrogen-bond acceptors (Lipinski definition) is 5. The van der Waals surface area contributed by atoms with Crippen molar-refractivity contribution < 1.29 is 0 Å². The van der Waals surface area contributed by atoms with Crippen LogP contribution in [0.5, 0.6) is 0 Å². The molecule has 0 aliphatic carbocycles. The Morgan fingerprint density at radius 1 is 1.47 bits per heavy atom. The number of H-pyrrole nitrogens is 1. The Bertz CT molecular complexity index is 585. The molecule has 0 aliphatic rings. The summed E-state index contributed by atoms with van der Waals surface area (Å²) in [5.74, 6) is 0.490. The second kappa shape index (κ2) is 6.69. The number of nitrogens with one attached hydrogen (secondary N) is 3. The lowest BCUT2D eigenvalue weighted by atomic mass is 10.4. The van der Waals surface area contributed by atoms with Crippen LogP contribution in [0.15, 0.2) is 24.1 Å². The smallest absolute Gasteiger partial charge is 0.277 e. The SMILES string of the molecule is C=C.CNCNc1ncc2c(=O)n(C(C)C)[nH]c2n1. The van der Waals surface area contributed by atoms with Crippen LogP contribution in [0, 0.1) is 0 Å². The molecule has 0 spiro atoms. The highest BCUT2D eigenvalue weighted by Crippen LogP contribution is 2.08. The Labute approximate surface area is 111 Å². The maximum absolute atomic E-state index is 11.9. The molecule has 104 valence electrons. The van der Waals surface area contributed by atoms with Crippen LogP contribution in [0.1, 0.15) is 19.9 Å². The summed E-state index contributed by atoms with van der Waals surface area (Å²) in [7, 11) is 1.82. The van der Waals surface area contributed by atoms with Crippen LogP contribution in [-0.2, 0) is 0 Å². The lowest BCUT2D eigenvalue weighted by Crippen LogP contribution is -2.18. The highest BCUT2D eigenvalue weighted by atomic mass is 16.1. The summed E-state index contributed by atoms with van der Waals surface area (Å²) < 4.78 is 1.54. The van der Waals surface area contributed by atoms with E-state index in [1.54, 1.807) is 4.68 Å². The molecule has 0 bridgehead atoms. The van der Waals surface area contributed by atoms with Gasteiger partial charge in [0.1, 0.15) is 5.39 Å². The molecule has 7 nitrogen and oxygen atoms in total. The van der Waals surface area contributed by atoms with Crippen molar-refractivity contribution in [3.8, 4) is 0 Å². The molecule has 2 heterocycles. The van der Waals surface area contributed by atoms with Gasteiger partial charge in [-0.1, -0.05) is 0 Å². The first kappa shape index (κ1) is 14.9. The molecular formula is C12H20N6O. The molecule has 3 N–H and O–H groups in total. The summed E-state index contributed by atoms with van der Waals surface area (Å²) in [6.07, 6.45) is 1.54. The first-order valence-electron chi connectivity index (χ1n) is 5.99. The molecule has 0 aliphatic heterocycles. The van der Waals surface area contributed by atoms with Crippen molar-refractivity contribution >= 4 is 17.0 Å². The van der Waals surface area contributed by atoms with Gasteiger partial charge in [0.05, 0.1) is 6.67 Å². The van der Waals surface area contributed by atoms with Crippen molar-refractivity contribution in [1.82, 2.24) is 25.1 Å². The molecule has 19 heavy (non-hydrogen) atoms. The Kier molecular flexibility index (Phi) is 5.25. The van der Waals surface area contributed by atoms with Crippen molar-refractivity contribution in [2.75, 3.05) is 19.0 Å². The molecule has 0 saturated heterocycles. The van der Waals surface area contributed by atoms with Crippen LogP contribution in [0.4, 0.5) is 5.95 Å². The third-order valence-electron chi connectivity index (χ3n) is 2.40. The number of nitrogens with zero attached hydrogens (tertiary/aromatic N) is 3. The number of hydrogen-bond donors (Lipinski definition) is 3. The number of rotatable bonds is 4. The molecule has 0 atom stereocenters. The van der Waals surface area contributed by atoms with Gasteiger partial charge < -0.3 is 10.6 Å². The quantitative estimate of drug-likeness (QED) is 0.568. The van der Waals surface area contributed by atoms with Crippen LogP contribution in [0.3, 0.4) is 0 Å². The van der Waals surface area contributed by atoms with E-state index in [-0.39, 0.29) is 11.6 Å². The molecule has 0 aromatic carbocycles. The zero-order valence-electron chi connectivity index (χ0n) is 11.5. The Morgan fingerprint density at radius 3 is 2.74 bits per heavy atom. The van der Waals surface area contributed by atoms with E-state index in [9.17, 15) is 4.79 Å². The summed E-state index contributed by atoms with van der Waals surface area (Å²) in [6.45, 7) is 10.4. The molecule has 0 unspecified atom stereocenters. The van der Waals surface area contributed by atoms with E-state index in [2.05, 4.69) is 38.9 Å². The van der Waals surface area contributed by atoms with E-state index in [4.69, 9.17) is 0 Å². The summed E-state index contributed by atoms with van der Waals surface area (Å²) in [6, 6.07) is 0.0745. The predicted octanol–water partition coefficient (Wildman–Crippen LogP) is 1.09. The van der Waals surface area contributed by atoms with E-state index >= 15 is 0 Å². The average Bonchev–Trinajstić information content (AvgIpc) is 2.76. The fourth-order valence-corrected chi connectivity index (χ4v) is 1.53. The molecule has 2 aromatic rings. The normalized spacial score (nSPS) is 10.3. The van der Waals surface area contributed by atoms with Gasteiger partial charge in [0.2, 0.25) is 5.95 Å². The van der Waals surface area contributed by atoms with E-state index in [1.165, 1.54) is 6.20 Å². The largest absolute Gasteiger partial charge is 0.342 e. The first-order valence-corrected chi connectivity index (χ1v) is 5.99. The van der Waals surface area contributed by atoms with Gasteiger partial charge in [0.15, 0.2) is 5.65 Å². The maximum Gasteiger partial charge on any atom is 0.277 e. The molecule has 0 radical (unpaired) electrons. The van der Waals surface area contributed by atoms with Gasteiger partial charge in [-0.05, 0) is 20.9 Å². The second-order valence-electron chi connectivity index (χ2n) is 4.04. The Balaban J connectivity index is 0.000000861. The zero-order chi connectivity index (χ0) is 14.4. The van der Waals surface area contributed by atoms with Crippen molar-refractivity contribution in [1.29, 1.82) is 0 Å². The van der Waals surface area contributed by atoms with Gasteiger partial charge in [0, 0.05) is 12.2 Å². The number of aromatic amines is 1. The van der Waals surface area contributed by atoms with Crippen molar-refractivity contribution in [2.45, 2.75) is 19.9 Å². The van der Waals surface area contributed by atoms with Crippen molar-refractivity contribution in [2.24, 2.45) is 0 Å². The monoisotopic (exact) mass is 264 g/mol. The molecule has 2 rings (SSSR count). The number of anilines is 1. The minimum Gasteiger partial charge on any atom is -0.342 e. The standard InChI is InChI=1S/C10H16N6O.C2H4/c1-6(2)16-9(17)7-4-12-10(13-5-11-3)14-8(7)15-16;1-2/h4,6,11H,5H2,1-3H3,(H2,12,13,14,15);1-2H2. The van der Waals surface area contributed by atoms with E-state index in [0.717, 1.165) is 0 Å². The highest BCUT2D eigenvalue weighted by molar-refractivity contribution is 5.73. The minimum absolute atomic E-state index is 0.0745. The van der Waals surface area contributed by atoms with E-state index < -0.39 is 0 Å². The highest BCUT2D eigenvalue weighted by Gasteiger charge is 2.10. The van der Waals surface area contributed by atoms with Gasteiger partial charge >= 0.3 is 0 Å². The maximum atomic E-state index is 11.9. The summed E-state index contributed by atoms with van der Waals surface area (Å²) in [4.78, 5) is 20.2. The topological polar surface area (TPSA) is 87.6 Å². The van der Waals surface area contributed by atoms with Crippen molar-refractivity contribution in [3.05, 3.63) is 29.7 Å². The molecular weight excluding hydrogens is 244 g/mol. The minimum atomic E-state index is -0.0878. The van der Waals surface area contributed by atoms with Crippen LogP contribution in [0.2, 0.25) is 0 Å². The van der Waals surface area contributed by atoms with Gasteiger partial charge in [-0.25, -0.2) is 9.67 Å². The van der Waals surface area contributed by atoms with Gasteiger partial charge in [-0.3, -0.25) is 9.89 Å². The third-order valence-corrected chi connectivity index (χ3v) is 2.40. The molecule has 0 amide bonds. The zero-order valence-corrected chi connectivity index (χ0v) is 11.5. The van der Waals surface area contributed by atoms with E-state index in [0.29, 0.717) is 23.7 Å². The molecule has 0 saturated carbocycles. The van der Waals surface area contributed by atoms with E-state index in [1.807, 2.05) is 20.9 Å². The second-order valence-corrected chi connectivity index (χ2v) is 4.04. The Hall–Kier alpha value is -2.15. The summed E-state index contributed by atoms with van der Waals surface area (Å²) in [5.41, 5.74) is 0.465. The molecule has 0 fully saturated rings. The molecule has 7 heteroatoms. The average molecular weight is 264 g/mol.